The molecule has 0 aliphatic carbocycles. The van der Waals surface area contributed by atoms with Crippen LogP contribution in [0.4, 0.5) is 0 Å². The lowest BCUT2D eigenvalue weighted by Gasteiger charge is -2.09. The topological polar surface area (TPSA) is 53.1 Å². The molecule has 0 aliphatic rings. The summed E-state index contributed by atoms with van der Waals surface area (Å²) in [6.45, 7) is 4.88. The van der Waals surface area contributed by atoms with E-state index in [1.165, 1.54) is 0 Å². The predicted molar refractivity (Wildman–Crippen MR) is 78.6 cm³/mol. The van der Waals surface area contributed by atoms with E-state index in [4.69, 9.17) is 22.1 Å². The fraction of sp³-hybridized carbons (Fsp3) is 0.500. The molecule has 0 fully saturated rings. The number of halogens is 1. The Hall–Kier alpha value is -1.10. The molecule has 0 saturated carbocycles. The van der Waals surface area contributed by atoms with Crippen molar-refractivity contribution >= 4 is 22.6 Å². The molecule has 2 rings (SSSR count). The highest BCUT2D eigenvalue weighted by molar-refractivity contribution is 6.31. The summed E-state index contributed by atoms with van der Waals surface area (Å²) in [7, 11) is 0. The third-order valence-electron chi connectivity index (χ3n) is 3.06. The maximum Gasteiger partial charge on any atom is 0.109 e. The van der Waals surface area contributed by atoms with Crippen molar-refractivity contribution in [2.24, 2.45) is 5.73 Å². The second-order valence-electron chi connectivity index (χ2n) is 4.40. The maximum absolute atomic E-state index is 6.07. The Bertz CT molecular complexity index is 539. The van der Waals surface area contributed by atoms with Crippen molar-refractivity contribution < 1.29 is 4.74 Å². The largest absolute Gasteiger partial charge is 0.380 e. The van der Waals surface area contributed by atoms with Gasteiger partial charge in [-0.15, -0.1) is 0 Å². The average molecular weight is 282 g/mol. The molecule has 0 radical (unpaired) electrons. The van der Waals surface area contributed by atoms with E-state index in [-0.39, 0.29) is 0 Å². The van der Waals surface area contributed by atoms with Gasteiger partial charge in [-0.2, -0.15) is 0 Å². The number of rotatable bonds is 7. The minimum absolute atomic E-state index is 0.676. The molecular weight excluding hydrogens is 262 g/mol. The number of fused-ring (bicyclic) bond motifs is 1. The zero-order valence-corrected chi connectivity index (χ0v) is 12.0. The molecule has 1 aromatic heterocycles. The van der Waals surface area contributed by atoms with Crippen LogP contribution in [0.15, 0.2) is 18.2 Å². The molecule has 1 aromatic carbocycles. The summed E-state index contributed by atoms with van der Waals surface area (Å²) in [5.74, 6) is 1.06. The molecule has 4 nitrogen and oxygen atoms in total. The van der Waals surface area contributed by atoms with Crippen molar-refractivity contribution in [2.75, 3.05) is 19.8 Å². The van der Waals surface area contributed by atoms with Crippen molar-refractivity contribution in [1.82, 2.24) is 9.55 Å². The Balaban J connectivity index is 2.32. The Kier molecular flexibility index (Phi) is 5.19. The van der Waals surface area contributed by atoms with Crippen molar-refractivity contribution in [3.05, 3.63) is 29.0 Å². The van der Waals surface area contributed by atoms with Gasteiger partial charge in [-0.3, -0.25) is 0 Å². The zero-order valence-electron chi connectivity index (χ0n) is 11.2. The second-order valence-corrected chi connectivity index (χ2v) is 4.84. The molecule has 0 spiro atoms. The van der Waals surface area contributed by atoms with Gasteiger partial charge in [0.2, 0.25) is 0 Å². The van der Waals surface area contributed by atoms with Gasteiger partial charge in [0.15, 0.2) is 0 Å². The molecule has 2 aromatic rings. The molecule has 2 N–H and O–H groups in total. The van der Waals surface area contributed by atoms with Crippen LogP contribution >= 0.6 is 11.6 Å². The van der Waals surface area contributed by atoms with E-state index in [0.717, 1.165) is 47.9 Å². The van der Waals surface area contributed by atoms with Crippen LogP contribution in [0.3, 0.4) is 0 Å². The van der Waals surface area contributed by atoms with Gasteiger partial charge >= 0.3 is 0 Å². The van der Waals surface area contributed by atoms with E-state index in [9.17, 15) is 0 Å². The zero-order chi connectivity index (χ0) is 13.7. The van der Waals surface area contributed by atoms with Crippen LogP contribution in [-0.4, -0.2) is 29.3 Å². The molecule has 0 bridgehead atoms. The summed E-state index contributed by atoms with van der Waals surface area (Å²) in [6.07, 6.45) is 1.82. The number of hydrogen-bond donors (Lipinski definition) is 1. The van der Waals surface area contributed by atoms with Crippen LogP contribution in [0.5, 0.6) is 0 Å². The lowest BCUT2D eigenvalue weighted by molar-refractivity contribution is 0.139. The molecule has 0 aliphatic heterocycles. The van der Waals surface area contributed by atoms with Crippen molar-refractivity contribution in [1.29, 1.82) is 0 Å². The first kappa shape index (κ1) is 14.3. The summed E-state index contributed by atoms with van der Waals surface area (Å²) < 4.78 is 7.63. The summed E-state index contributed by atoms with van der Waals surface area (Å²) >= 11 is 6.07. The number of aryl methyl sites for hydroxylation is 1. The second kappa shape index (κ2) is 6.89. The van der Waals surface area contributed by atoms with Gasteiger partial charge in [0.25, 0.3) is 0 Å². The van der Waals surface area contributed by atoms with Crippen LogP contribution in [0.2, 0.25) is 5.02 Å². The number of aromatic nitrogens is 2. The van der Waals surface area contributed by atoms with Crippen LogP contribution in [-0.2, 0) is 17.7 Å². The van der Waals surface area contributed by atoms with Gasteiger partial charge in [-0.1, -0.05) is 11.6 Å². The number of imidazole rings is 1. The Labute approximate surface area is 118 Å². The number of ether oxygens (including phenoxy) is 1. The highest BCUT2D eigenvalue weighted by atomic mass is 35.5. The van der Waals surface area contributed by atoms with E-state index >= 15 is 0 Å². The van der Waals surface area contributed by atoms with Crippen molar-refractivity contribution in [3.8, 4) is 0 Å². The molecule has 0 unspecified atom stereocenters. The third kappa shape index (κ3) is 3.47. The molecule has 0 saturated heterocycles. The van der Waals surface area contributed by atoms with Gasteiger partial charge in [0, 0.05) is 24.6 Å². The van der Waals surface area contributed by atoms with E-state index in [1.807, 2.05) is 25.1 Å². The monoisotopic (exact) mass is 281 g/mol. The summed E-state index contributed by atoms with van der Waals surface area (Å²) in [5.41, 5.74) is 7.63. The van der Waals surface area contributed by atoms with Gasteiger partial charge < -0.3 is 15.0 Å². The third-order valence-corrected chi connectivity index (χ3v) is 3.29. The Morgan fingerprint density at radius 3 is 3.00 bits per heavy atom. The molecule has 19 heavy (non-hydrogen) atoms. The van der Waals surface area contributed by atoms with Gasteiger partial charge in [-0.05, 0) is 38.1 Å². The number of nitrogens with zero attached hydrogens (tertiary/aromatic N) is 2. The average Bonchev–Trinajstić information content (AvgIpc) is 2.74. The lowest BCUT2D eigenvalue weighted by atomic mass is 10.3. The lowest BCUT2D eigenvalue weighted by Crippen LogP contribution is -2.11. The molecule has 0 atom stereocenters. The van der Waals surface area contributed by atoms with Gasteiger partial charge in [0.1, 0.15) is 5.82 Å². The minimum Gasteiger partial charge on any atom is -0.380 e. The Morgan fingerprint density at radius 2 is 2.26 bits per heavy atom. The summed E-state index contributed by atoms with van der Waals surface area (Å²) in [6, 6.07) is 5.79. The van der Waals surface area contributed by atoms with Crippen LogP contribution in [0.1, 0.15) is 19.2 Å². The fourth-order valence-corrected chi connectivity index (χ4v) is 2.31. The van der Waals surface area contributed by atoms with E-state index in [1.54, 1.807) is 0 Å². The predicted octanol–water partition coefficient (Wildman–Crippen LogP) is 2.62. The first-order valence-electron chi connectivity index (χ1n) is 6.68. The smallest absolute Gasteiger partial charge is 0.109 e. The normalized spacial score (nSPS) is 11.3. The Morgan fingerprint density at radius 1 is 1.42 bits per heavy atom. The van der Waals surface area contributed by atoms with Crippen molar-refractivity contribution in [2.45, 2.75) is 26.3 Å². The quantitative estimate of drug-likeness (QED) is 0.794. The van der Waals surface area contributed by atoms with Crippen molar-refractivity contribution in [3.63, 3.8) is 0 Å². The fourth-order valence-electron chi connectivity index (χ4n) is 2.15. The SMILES string of the molecule is CCOCCn1c(CCCN)nc2ccc(Cl)cc21. The minimum atomic E-state index is 0.676. The summed E-state index contributed by atoms with van der Waals surface area (Å²) in [5, 5.41) is 0.732. The van der Waals surface area contributed by atoms with Gasteiger partial charge in [-0.25, -0.2) is 4.98 Å². The highest BCUT2D eigenvalue weighted by Crippen LogP contribution is 2.21. The van der Waals surface area contributed by atoms with Crippen LogP contribution in [0.25, 0.3) is 11.0 Å². The number of nitrogens with two attached hydrogens (primary N) is 1. The van der Waals surface area contributed by atoms with E-state index in [2.05, 4.69) is 9.55 Å². The summed E-state index contributed by atoms with van der Waals surface area (Å²) in [4.78, 5) is 4.66. The number of hydrogen-bond acceptors (Lipinski definition) is 3. The van der Waals surface area contributed by atoms with Crippen LogP contribution < -0.4 is 5.73 Å². The standard InChI is InChI=1S/C14H20ClN3O/c1-2-19-9-8-18-13-10-11(15)5-6-12(13)17-14(18)4-3-7-16/h5-6,10H,2-4,7-9,16H2,1H3. The first-order chi connectivity index (χ1) is 9.26. The molecule has 0 amide bonds. The molecule has 5 heteroatoms. The molecule has 1 heterocycles. The van der Waals surface area contributed by atoms with E-state index in [0.29, 0.717) is 13.2 Å². The number of benzene rings is 1. The highest BCUT2D eigenvalue weighted by Gasteiger charge is 2.10. The van der Waals surface area contributed by atoms with Gasteiger partial charge in [0.05, 0.1) is 17.6 Å². The van der Waals surface area contributed by atoms with E-state index < -0.39 is 0 Å². The molecular formula is C14H20ClN3O. The molecule has 104 valence electrons. The van der Waals surface area contributed by atoms with Crippen LogP contribution in [0, 0.1) is 0 Å². The maximum atomic E-state index is 6.07. The first-order valence-corrected chi connectivity index (χ1v) is 7.06.